The number of nitrogens with zero attached hydrogens (tertiary/aromatic N) is 3. The highest BCUT2D eigenvalue weighted by atomic mass is 35.5. The van der Waals surface area contributed by atoms with Crippen LogP contribution in [0.3, 0.4) is 0 Å². The first-order valence-corrected chi connectivity index (χ1v) is 10.5. The smallest absolute Gasteiger partial charge is 0.408 e. The molecule has 0 aliphatic heterocycles. The summed E-state index contributed by atoms with van der Waals surface area (Å²) >= 11 is 11.5. The van der Waals surface area contributed by atoms with Crippen LogP contribution in [0.25, 0.3) is 11.3 Å². The molecule has 164 valence electrons. The van der Waals surface area contributed by atoms with Crippen LogP contribution in [0.2, 0.25) is 0 Å². The monoisotopic (exact) mass is 456 g/mol. The summed E-state index contributed by atoms with van der Waals surface area (Å²) in [5.74, 6) is -0.173. The standard InChI is InChI=1S/C19H26Cl2N6O3/c1-10(2)30-19(29)22-14(6-5-7-15(20)21)18(28)23-16-9-8-13(26-27-16)17-11(3)24-25-12(17)4/h8-10,14-15H,5-7H2,1-4H3,(H,22,29)(H,24,25)(H,23,27,28)/t14-/m0/s1. The Morgan fingerprint density at radius 2 is 1.90 bits per heavy atom. The number of hydrogen-bond donors (Lipinski definition) is 3. The topological polar surface area (TPSA) is 122 Å². The number of carbonyl (C=O) groups excluding carboxylic acids is 2. The molecule has 2 amide bonds. The van der Waals surface area contributed by atoms with Crippen molar-refractivity contribution in [1.82, 2.24) is 25.7 Å². The van der Waals surface area contributed by atoms with Crippen LogP contribution in [-0.4, -0.2) is 49.4 Å². The fourth-order valence-electron chi connectivity index (χ4n) is 2.81. The molecule has 2 heterocycles. The van der Waals surface area contributed by atoms with Crippen LogP contribution in [0, 0.1) is 13.8 Å². The van der Waals surface area contributed by atoms with E-state index in [1.165, 1.54) is 0 Å². The van der Waals surface area contributed by atoms with Gasteiger partial charge in [-0.3, -0.25) is 9.89 Å². The Balaban J connectivity index is 2.06. The molecule has 1 atom stereocenters. The van der Waals surface area contributed by atoms with Gasteiger partial charge >= 0.3 is 6.09 Å². The van der Waals surface area contributed by atoms with Crippen LogP contribution in [0.4, 0.5) is 10.6 Å². The summed E-state index contributed by atoms with van der Waals surface area (Å²) in [4.78, 5) is 24.1. The number of hydrogen-bond acceptors (Lipinski definition) is 6. The first-order chi connectivity index (χ1) is 14.2. The predicted molar refractivity (Wildman–Crippen MR) is 116 cm³/mol. The second-order valence-electron chi connectivity index (χ2n) is 7.08. The SMILES string of the molecule is Cc1n[nH]c(C)c1-c1ccc(NC(=O)[C@H](CCCC(Cl)Cl)NC(=O)OC(C)C)nn1. The van der Waals surface area contributed by atoms with Gasteiger partial charge in [0.15, 0.2) is 5.82 Å². The molecule has 2 aromatic rings. The Labute approximate surface area is 185 Å². The van der Waals surface area contributed by atoms with Crippen LogP contribution in [0.15, 0.2) is 12.1 Å². The maximum atomic E-state index is 12.7. The highest BCUT2D eigenvalue weighted by molar-refractivity contribution is 6.44. The van der Waals surface area contributed by atoms with Crippen molar-refractivity contribution in [2.45, 2.75) is 63.9 Å². The van der Waals surface area contributed by atoms with E-state index in [2.05, 4.69) is 31.0 Å². The van der Waals surface area contributed by atoms with Gasteiger partial charge in [0.25, 0.3) is 0 Å². The first kappa shape index (κ1) is 23.9. The molecule has 30 heavy (non-hydrogen) atoms. The van der Waals surface area contributed by atoms with Gasteiger partial charge in [-0.25, -0.2) is 4.79 Å². The number of amides is 2. The van der Waals surface area contributed by atoms with Gasteiger partial charge in [0.2, 0.25) is 5.91 Å². The van der Waals surface area contributed by atoms with Gasteiger partial charge < -0.3 is 15.4 Å². The van der Waals surface area contributed by atoms with Crippen LogP contribution < -0.4 is 10.6 Å². The Bertz CT molecular complexity index is 835. The van der Waals surface area contributed by atoms with Crippen LogP contribution in [0.5, 0.6) is 0 Å². The molecule has 0 aliphatic rings. The minimum Gasteiger partial charge on any atom is -0.447 e. The molecule has 11 heteroatoms. The molecule has 0 spiro atoms. The lowest BCUT2D eigenvalue weighted by atomic mass is 10.1. The van der Waals surface area contributed by atoms with Gasteiger partial charge in [0.1, 0.15) is 10.9 Å². The third-order valence-corrected chi connectivity index (χ3v) is 4.60. The van der Waals surface area contributed by atoms with E-state index in [0.29, 0.717) is 25.0 Å². The molecule has 0 unspecified atom stereocenters. The number of ether oxygens (including phenoxy) is 1. The molecule has 3 N–H and O–H groups in total. The van der Waals surface area contributed by atoms with Crippen molar-refractivity contribution in [2.75, 3.05) is 5.32 Å². The largest absolute Gasteiger partial charge is 0.447 e. The molecule has 0 bridgehead atoms. The molecule has 2 aromatic heterocycles. The number of H-pyrrole nitrogens is 1. The van der Waals surface area contributed by atoms with E-state index in [1.807, 2.05) is 13.8 Å². The van der Waals surface area contributed by atoms with Gasteiger partial charge in [-0.1, -0.05) is 0 Å². The normalized spacial score (nSPS) is 12.1. The van der Waals surface area contributed by atoms with Gasteiger partial charge in [-0.05, 0) is 59.1 Å². The van der Waals surface area contributed by atoms with Crippen molar-refractivity contribution in [3.8, 4) is 11.3 Å². The lowest BCUT2D eigenvalue weighted by Gasteiger charge is -2.19. The molecule has 2 rings (SSSR count). The molecule has 0 aromatic carbocycles. The summed E-state index contributed by atoms with van der Waals surface area (Å²) in [6.07, 6.45) is 0.392. The maximum Gasteiger partial charge on any atom is 0.408 e. The summed E-state index contributed by atoms with van der Waals surface area (Å²) in [7, 11) is 0. The summed E-state index contributed by atoms with van der Waals surface area (Å²) in [6, 6.07) is 2.56. The van der Waals surface area contributed by atoms with Crippen molar-refractivity contribution in [2.24, 2.45) is 0 Å². The molecule has 0 saturated heterocycles. The van der Waals surface area contributed by atoms with Gasteiger partial charge in [-0.2, -0.15) is 5.10 Å². The molecule has 0 radical (unpaired) electrons. The van der Waals surface area contributed by atoms with Crippen molar-refractivity contribution in [1.29, 1.82) is 0 Å². The molecular formula is C19H26Cl2N6O3. The fraction of sp³-hybridized carbons (Fsp3) is 0.526. The van der Waals surface area contributed by atoms with E-state index in [0.717, 1.165) is 17.0 Å². The van der Waals surface area contributed by atoms with E-state index in [1.54, 1.807) is 26.0 Å². The van der Waals surface area contributed by atoms with Crippen molar-refractivity contribution >= 4 is 41.0 Å². The molecule has 0 saturated carbocycles. The number of rotatable bonds is 9. The zero-order valence-corrected chi connectivity index (χ0v) is 18.8. The molecule has 0 fully saturated rings. The first-order valence-electron chi connectivity index (χ1n) is 9.59. The lowest BCUT2D eigenvalue weighted by molar-refractivity contribution is -0.118. The average Bonchev–Trinajstić information content (AvgIpc) is 2.99. The van der Waals surface area contributed by atoms with E-state index in [-0.39, 0.29) is 11.9 Å². The third-order valence-electron chi connectivity index (χ3n) is 4.17. The number of alkyl carbamates (subject to hydrolysis) is 1. The number of alkyl halides is 2. The molecule has 0 aliphatic carbocycles. The maximum absolute atomic E-state index is 12.7. The predicted octanol–water partition coefficient (Wildman–Crippen LogP) is 3.90. The van der Waals surface area contributed by atoms with Gasteiger partial charge in [-0.15, -0.1) is 33.4 Å². The van der Waals surface area contributed by atoms with E-state index >= 15 is 0 Å². The number of anilines is 1. The van der Waals surface area contributed by atoms with Crippen molar-refractivity contribution in [3.05, 3.63) is 23.5 Å². The highest BCUT2D eigenvalue weighted by Crippen LogP contribution is 2.23. The summed E-state index contributed by atoms with van der Waals surface area (Å²) in [5.41, 5.74) is 3.20. The van der Waals surface area contributed by atoms with E-state index < -0.39 is 22.9 Å². The number of aromatic nitrogens is 4. The fourth-order valence-corrected chi connectivity index (χ4v) is 3.12. The number of halogens is 2. The molecular weight excluding hydrogens is 431 g/mol. The average molecular weight is 457 g/mol. The highest BCUT2D eigenvalue weighted by Gasteiger charge is 2.23. The van der Waals surface area contributed by atoms with E-state index in [9.17, 15) is 9.59 Å². The third kappa shape index (κ3) is 7.14. The van der Waals surface area contributed by atoms with Crippen molar-refractivity contribution in [3.63, 3.8) is 0 Å². The zero-order chi connectivity index (χ0) is 22.3. The van der Waals surface area contributed by atoms with Crippen LogP contribution in [0.1, 0.15) is 44.5 Å². The summed E-state index contributed by atoms with van der Waals surface area (Å²) in [5, 5.41) is 20.5. The zero-order valence-electron chi connectivity index (χ0n) is 17.3. The minimum absolute atomic E-state index is 0.263. The van der Waals surface area contributed by atoms with Crippen LogP contribution >= 0.6 is 23.2 Å². The van der Waals surface area contributed by atoms with Gasteiger partial charge in [0.05, 0.1) is 17.5 Å². The second kappa shape index (κ2) is 11.1. The number of nitrogens with one attached hydrogen (secondary N) is 3. The van der Waals surface area contributed by atoms with Crippen molar-refractivity contribution < 1.29 is 14.3 Å². The summed E-state index contributed by atoms with van der Waals surface area (Å²) < 4.78 is 5.07. The Morgan fingerprint density at radius 3 is 2.43 bits per heavy atom. The Hall–Kier alpha value is -2.39. The summed E-state index contributed by atoms with van der Waals surface area (Å²) in [6.45, 7) is 7.21. The second-order valence-corrected chi connectivity index (χ2v) is 8.35. The lowest BCUT2D eigenvalue weighted by Crippen LogP contribution is -2.44. The van der Waals surface area contributed by atoms with Crippen LogP contribution in [-0.2, 0) is 9.53 Å². The molecule has 9 nitrogen and oxygen atoms in total. The minimum atomic E-state index is -0.830. The number of aryl methyl sites for hydroxylation is 2. The Kier molecular flexibility index (Phi) is 8.86. The Morgan fingerprint density at radius 1 is 1.17 bits per heavy atom. The number of carbonyl (C=O) groups is 2. The van der Waals surface area contributed by atoms with E-state index in [4.69, 9.17) is 27.9 Å². The number of aromatic amines is 1. The quantitative estimate of drug-likeness (QED) is 0.491. The van der Waals surface area contributed by atoms with Gasteiger partial charge in [0, 0.05) is 11.3 Å².